The van der Waals surface area contributed by atoms with Crippen molar-refractivity contribution in [1.82, 2.24) is 10.2 Å². The van der Waals surface area contributed by atoms with Crippen LogP contribution in [0.15, 0.2) is 0 Å². The van der Waals surface area contributed by atoms with E-state index in [1.807, 2.05) is 0 Å². The van der Waals surface area contributed by atoms with Crippen molar-refractivity contribution in [1.29, 1.82) is 0 Å². The molecule has 1 fully saturated rings. The summed E-state index contributed by atoms with van der Waals surface area (Å²) in [5.41, 5.74) is 0.485. The van der Waals surface area contributed by atoms with Gasteiger partial charge in [-0.05, 0) is 45.7 Å². The van der Waals surface area contributed by atoms with Crippen LogP contribution in [-0.2, 0) is 4.74 Å². The molecule has 0 bridgehead atoms. The first kappa shape index (κ1) is 17.9. The first-order valence-electron chi connectivity index (χ1n) is 8.59. The Labute approximate surface area is 126 Å². The van der Waals surface area contributed by atoms with Gasteiger partial charge in [-0.2, -0.15) is 0 Å². The first-order valence-corrected chi connectivity index (χ1v) is 8.59. The van der Waals surface area contributed by atoms with Crippen LogP contribution in [-0.4, -0.2) is 50.8 Å². The van der Waals surface area contributed by atoms with Gasteiger partial charge in [-0.3, -0.25) is 0 Å². The van der Waals surface area contributed by atoms with E-state index in [0.29, 0.717) is 11.5 Å². The third kappa shape index (κ3) is 7.05. The van der Waals surface area contributed by atoms with E-state index in [2.05, 4.69) is 38.0 Å². The summed E-state index contributed by atoms with van der Waals surface area (Å²) in [5, 5.41) is 3.61. The van der Waals surface area contributed by atoms with Gasteiger partial charge in [0.25, 0.3) is 0 Å². The fraction of sp³-hybridized carbons (Fsp3) is 1.00. The minimum Gasteiger partial charge on any atom is -0.377 e. The van der Waals surface area contributed by atoms with Crippen molar-refractivity contribution < 1.29 is 4.74 Å². The molecule has 0 amide bonds. The van der Waals surface area contributed by atoms with Gasteiger partial charge in [-0.1, -0.05) is 32.6 Å². The van der Waals surface area contributed by atoms with Crippen LogP contribution in [0.5, 0.6) is 0 Å². The minimum atomic E-state index is 0.344. The van der Waals surface area contributed by atoms with Gasteiger partial charge in [0.2, 0.25) is 0 Å². The van der Waals surface area contributed by atoms with E-state index in [9.17, 15) is 0 Å². The molecule has 1 N–H and O–H groups in total. The summed E-state index contributed by atoms with van der Waals surface area (Å²) in [6, 6.07) is 0. The third-order valence-corrected chi connectivity index (χ3v) is 4.44. The molecule has 20 heavy (non-hydrogen) atoms. The van der Waals surface area contributed by atoms with Crippen molar-refractivity contribution in [2.45, 2.75) is 65.4 Å². The second-order valence-corrected chi connectivity index (χ2v) is 6.85. The second-order valence-electron chi connectivity index (χ2n) is 6.85. The Balaban J connectivity index is 2.45. The van der Waals surface area contributed by atoms with Gasteiger partial charge in [-0.25, -0.2) is 0 Å². The molecule has 120 valence electrons. The second kappa shape index (κ2) is 9.75. The molecule has 0 saturated heterocycles. The molecular weight excluding hydrogens is 248 g/mol. The molecule has 1 aliphatic carbocycles. The van der Waals surface area contributed by atoms with Crippen molar-refractivity contribution in [2.24, 2.45) is 5.41 Å². The van der Waals surface area contributed by atoms with E-state index in [-0.39, 0.29) is 0 Å². The highest BCUT2D eigenvalue weighted by molar-refractivity contribution is 4.86. The van der Waals surface area contributed by atoms with Crippen LogP contribution in [0, 0.1) is 5.41 Å². The molecule has 3 heteroatoms. The number of likely N-dealkylation sites (N-methyl/N-ethyl adjacent to an activating group) is 1. The van der Waals surface area contributed by atoms with E-state index < -0.39 is 0 Å². The van der Waals surface area contributed by atoms with Gasteiger partial charge in [0.15, 0.2) is 0 Å². The summed E-state index contributed by atoms with van der Waals surface area (Å²) < 4.78 is 5.68. The highest BCUT2D eigenvalue weighted by Gasteiger charge is 2.31. The fourth-order valence-corrected chi connectivity index (χ4v) is 3.36. The number of hydrogen-bond donors (Lipinski definition) is 1. The van der Waals surface area contributed by atoms with Crippen LogP contribution < -0.4 is 5.32 Å². The molecule has 0 aliphatic heterocycles. The summed E-state index contributed by atoms with van der Waals surface area (Å²) in [5.74, 6) is 0. The van der Waals surface area contributed by atoms with E-state index in [1.54, 1.807) is 0 Å². The van der Waals surface area contributed by atoms with Crippen LogP contribution in [0.4, 0.5) is 0 Å². The number of rotatable bonds is 9. The van der Waals surface area contributed by atoms with Crippen LogP contribution in [0.3, 0.4) is 0 Å². The Hall–Kier alpha value is -0.120. The largest absolute Gasteiger partial charge is 0.377 e. The maximum Gasteiger partial charge on any atom is 0.0596 e. The molecule has 0 atom stereocenters. The molecule has 0 aromatic carbocycles. The zero-order valence-corrected chi connectivity index (χ0v) is 14.2. The summed E-state index contributed by atoms with van der Waals surface area (Å²) in [6.45, 7) is 11.8. The Morgan fingerprint density at radius 3 is 2.35 bits per heavy atom. The first-order chi connectivity index (χ1) is 9.58. The SMILES string of the molecule is CCNCC1(CN(C)CCOC(C)C)CCCCCC1. The molecular formula is C17H36N2O. The minimum absolute atomic E-state index is 0.344. The molecule has 0 aromatic heterocycles. The lowest BCUT2D eigenvalue weighted by Crippen LogP contribution is -2.43. The van der Waals surface area contributed by atoms with E-state index in [1.165, 1.54) is 51.6 Å². The van der Waals surface area contributed by atoms with Crippen molar-refractivity contribution in [3.8, 4) is 0 Å². The van der Waals surface area contributed by atoms with Crippen molar-refractivity contribution in [3.05, 3.63) is 0 Å². The summed E-state index contributed by atoms with van der Waals surface area (Å²) in [6.07, 6.45) is 8.77. The van der Waals surface area contributed by atoms with Gasteiger partial charge >= 0.3 is 0 Å². The Morgan fingerprint density at radius 2 is 1.80 bits per heavy atom. The maximum absolute atomic E-state index is 5.68. The molecule has 0 aromatic rings. The molecule has 3 nitrogen and oxygen atoms in total. The standard InChI is InChI=1S/C17H36N2O/c1-5-18-14-17(10-8-6-7-9-11-17)15-19(4)12-13-20-16(2)3/h16,18H,5-15H2,1-4H3. The number of nitrogens with zero attached hydrogens (tertiary/aromatic N) is 1. The highest BCUT2D eigenvalue weighted by atomic mass is 16.5. The van der Waals surface area contributed by atoms with Gasteiger partial charge in [0.05, 0.1) is 12.7 Å². The van der Waals surface area contributed by atoms with Crippen molar-refractivity contribution >= 4 is 0 Å². The lowest BCUT2D eigenvalue weighted by molar-refractivity contribution is 0.0517. The molecule has 1 rings (SSSR count). The maximum atomic E-state index is 5.68. The molecule has 1 saturated carbocycles. The molecule has 0 spiro atoms. The van der Waals surface area contributed by atoms with E-state index in [4.69, 9.17) is 4.74 Å². The fourth-order valence-electron chi connectivity index (χ4n) is 3.36. The third-order valence-electron chi connectivity index (χ3n) is 4.44. The molecule has 0 radical (unpaired) electrons. The number of nitrogens with one attached hydrogen (secondary N) is 1. The predicted molar refractivity (Wildman–Crippen MR) is 87.3 cm³/mol. The van der Waals surface area contributed by atoms with Crippen LogP contribution in [0.2, 0.25) is 0 Å². The van der Waals surface area contributed by atoms with Gasteiger partial charge in [0.1, 0.15) is 0 Å². The normalized spacial score (nSPS) is 19.5. The van der Waals surface area contributed by atoms with Crippen LogP contribution in [0.25, 0.3) is 0 Å². The summed E-state index contributed by atoms with van der Waals surface area (Å²) in [4.78, 5) is 2.48. The Kier molecular flexibility index (Phi) is 8.74. The lowest BCUT2D eigenvalue weighted by atomic mass is 9.79. The number of hydrogen-bond acceptors (Lipinski definition) is 3. The summed E-state index contributed by atoms with van der Waals surface area (Å²) >= 11 is 0. The van der Waals surface area contributed by atoms with Gasteiger partial charge < -0.3 is 15.0 Å². The van der Waals surface area contributed by atoms with Crippen molar-refractivity contribution in [3.63, 3.8) is 0 Å². The lowest BCUT2D eigenvalue weighted by Gasteiger charge is -2.37. The average molecular weight is 284 g/mol. The van der Waals surface area contributed by atoms with E-state index in [0.717, 1.165) is 19.7 Å². The molecule has 0 unspecified atom stereocenters. The van der Waals surface area contributed by atoms with Crippen molar-refractivity contribution in [2.75, 3.05) is 39.8 Å². The zero-order valence-electron chi connectivity index (χ0n) is 14.2. The Bertz CT molecular complexity index is 235. The quantitative estimate of drug-likeness (QED) is 0.658. The van der Waals surface area contributed by atoms with E-state index >= 15 is 0 Å². The topological polar surface area (TPSA) is 24.5 Å². The van der Waals surface area contributed by atoms with Crippen LogP contribution in [0.1, 0.15) is 59.3 Å². The van der Waals surface area contributed by atoms with Gasteiger partial charge in [0, 0.05) is 19.6 Å². The smallest absolute Gasteiger partial charge is 0.0596 e. The summed E-state index contributed by atoms with van der Waals surface area (Å²) in [7, 11) is 2.25. The number of ether oxygens (including phenoxy) is 1. The predicted octanol–water partition coefficient (Wildman–Crippen LogP) is 3.29. The Morgan fingerprint density at radius 1 is 1.15 bits per heavy atom. The molecule has 0 heterocycles. The monoisotopic (exact) mass is 284 g/mol. The average Bonchev–Trinajstić information content (AvgIpc) is 2.62. The zero-order chi connectivity index (χ0) is 14.8. The van der Waals surface area contributed by atoms with Gasteiger partial charge in [-0.15, -0.1) is 0 Å². The highest BCUT2D eigenvalue weighted by Crippen LogP contribution is 2.35. The van der Waals surface area contributed by atoms with Crippen LogP contribution >= 0.6 is 0 Å². The molecule has 1 aliphatic rings.